The molecule has 1 fully saturated rings. The van der Waals surface area contributed by atoms with Gasteiger partial charge in [-0.2, -0.15) is 0 Å². The maximum atomic E-state index is 6.76. The lowest BCUT2D eigenvalue weighted by Crippen LogP contribution is -2.27. The molecule has 1 saturated carbocycles. The van der Waals surface area contributed by atoms with E-state index in [2.05, 4.69) is 103 Å². The minimum absolute atomic E-state index is 0.267. The van der Waals surface area contributed by atoms with Crippen LogP contribution in [0.5, 0.6) is 5.75 Å². The maximum Gasteiger partial charge on any atom is 0.125 e. The highest BCUT2D eigenvalue weighted by Gasteiger charge is 2.27. The average molecular weight is 567 g/mol. The molecule has 0 aliphatic heterocycles. The molecule has 3 aromatic rings. The second-order valence-corrected chi connectivity index (χ2v) is 13.2. The van der Waals surface area contributed by atoms with Crippen LogP contribution >= 0.6 is 0 Å². The molecule has 0 N–H and O–H groups in total. The number of hydrogen-bond donors (Lipinski definition) is 0. The van der Waals surface area contributed by atoms with E-state index in [0.717, 1.165) is 62.7 Å². The number of ether oxygens (including phenoxy) is 1. The van der Waals surface area contributed by atoms with Gasteiger partial charge in [-0.1, -0.05) is 123 Å². The van der Waals surface area contributed by atoms with Crippen LogP contribution in [0.15, 0.2) is 54.6 Å². The van der Waals surface area contributed by atoms with Gasteiger partial charge in [0, 0.05) is 5.41 Å². The highest BCUT2D eigenvalue weighted by molar-refractivity contribution is 5.75. The van der Waals surface area contributed by atoms with E-state index in [1.165, 1.54) is 83.0 Å². The zero-order valence-electron chi connectivity index (χ0n) is 28.0. The molecule has 1 heteroatoms. The molecule has 0 unspecified atom stereocenters. The third-order valence-corrected chi connectivity index (χ3v) is 10.9. The standard InChI is InChI=1S/C41H58O/c1-8-33-28-39(37(9-2)38(10-3)40(33)42-29-41(11-4,12-5)13-6)36-26-24-35(25-27-36)34-22-20-32(21-23-34)19-18-31-16-14-30(7)15-17-31/h20-28,30-31H,8-19,29H2,1-7H3. The van der Waals surface area contributed by atoms with Crippen molar-refractivity contribution in [3.8, 4) is 28.0 Å². The third kappa shape index (κ3) is 7.50. The summed E-state index contributed by atoms with van der Waals surface area (Å²) in [5.74, 6) is 3.03. The van der Waals surface area contributed by atoms with E-state index in [-0.39, 0.29) is 5.41 Å². The summed E-state index contributed by atoms with van der Waals surface area (Å²) < 4.78 is 6.76. The molecule has 42 heavy (non-hydrogen) atoms. The van der Waals surface area contributed by atoms with E-state index in [1.807, 2.05) is 0 Å². The molecule has 4 rings (SSSR count). The van der Waals surface area contributed by atoms with Gasteiger partial charge in [0.15, 0.2) is 0 Å². The van der Waals surface area contributed by atoms with Gasteiger partial charge in [-0.3, -0.25) is 0 Å². The van der Waals surface area contributed by atoms with Gasteiger partial charge in [-0.15, -0.1) is 0 Å². The summed E-state index contributed by atoms with van der Waals surface area (Å²) in [6.07, 6.45) is 14.8. The van der Waals surface area contributed by atoms with Gasteiger partial charge >= 0.3 is 0 Å². The Morgan fingerprint density at radius 2 is 1.21 bits per heavy atom. The molecule has 0 radical (unpaired) electrons. The number of benzene rings is 3. The predicted molar refractivity (Wildman–Crippen MR) is 184 cm³/mol. The van der Waals surface area contributed by atoms with Crippen molar-refractivity contribution < 1.29 is 4.74 Å². The van der Waals surface area contributed by atoms with Crippen LogP contribution in [-0.2, 0) is 25.7 Å². The van der Waals surface area contributed by atoms with Crippen LogP contribution in [0.3, 0.4) is 0 Å². The van der Waals surface area contributed by atoms with E-state index in [0.29, 0.717) is 0 Å². The molecule has 0 heterocycles. The van der Waals surface area contributed by atoms with Crippen LogP contribution in [0, 0.1) is 17.3 Å². The van der Waals surface area contributed by atoms with Crippen LogP contribution in [0.1, 0.15) is 122 Å². The number of rotatable bonds is 14. The van der Waals surface area contributed by atoms with Gasteiger partial charge in [0.2, 0.25) is 0 Å². The fourth-order valence-corrected chi connectivity index (χ4v) is 7.27. The third-order valence-electron chi connectivity index (χ3n) is 10.9. The second kappa shape index (κ2) is 15.3. The van der Waals surface area contributed by atoms with Crippen LogP contribution in [0.25, 0.3) is 22.3 Å². The summed E-state index contributed by atoms with van der Waals surface area (Å²) in [5.41, 5.74) is 11.3. The lowest BCUT2D eigenvalue weighted by molar-refractivity contribution is 0.126. The summed E-state index contributed by atoms with van der Waals surface area (Å²) in [6, 6.07) is 21.1. The Balaban J connectivity index is 1.53. The molecule has 228 valence electrons. The van der Waals surface area contributed by atoms with Gasteiger partial charge < -0.3 is 4.74 Å². The summed E-state index contributed by atoms with van der Waals surface area (Å²) in [4.78, 5) is 0. The van der Waals surface area contributed by atoms with E-state index < -0.39 is 0 Å². The normalized spacial score (nSPS) is 17.4. The van der Waals surface area contributed by atoms with Crippen LogP contribution in [-0.4, -0.2) is 6.61 Å². The van der Waals surface area contributed by atoms with Gasteiger partial charge in [0.1, 0.15) is 5.75 Å². The highest BCUT2D eigenvalue weighted by atomic mass is 16.5. The first-order valence-electron chi connectivity index (χ1n) is 17.4. The Hall–Kier alpha value is -2.54. The zero-order chi connectivity index (χ0) is 30.1. The first-order chi connectivity index (χ1) is 20.4. The summed E-state index contributed by atoms with van der Waals surface area (Å²) >= 11 is 0. The number of aryl methyl sites for hydroxylation is 2. The van der Waals surface area contributed by atoms with E-state index in [4.69, 9.17) is 4.74 Å². The van der Waals surface area contributed by atoms with Crippen molar-refractivity contribution in [1.82, 2.24) is 0 Å². The summed E-state index contributed by atoms with van der Waals surface area (Å²) in [5, 5.41) is 0. The van der Waals surface area contributed by atoms with Crippen LogP contribution in [0.2, 0.25) is 0 Å². The second-order valence-electron chi connectivity index (χ2n) is 13.2. The number of hydrogen-bond acceptors (Lipinski definition) is 1. The molecule has 1 nitrogen and oxygen atoms in total. The van der Waals surface area contributed by atoms with E-state index in [1.54, 1.807) is 0 Å². The fourth-order valence-electron chi connectivity index (χ4n) is 7.27. The molecular formula is C41H58O. The summed E-state index contributed by atoms with van der Waals surface area (Å²) in [6.45, 7) is 17.0. The molecule has 0 amide bonds. The van der Waals surface area contributed by atoms with Gasteiger partial charge in [0.05, 0.1) is 6.61 Å². The summed E-state index contributed by atoms with van der Waals surface area (Å²) in [7, 11) is 0. The van der Waals surface area contributed by atoms with Crippen molar-refractivity contribution in [3.05, 3.63) is 76.9 Å². The smallest absolute Gasteiger partial charge is 0.125 e. The van der Waals surface area contributed by atoms with E-state index >= 15 is 0 Å². The van der Waals surface area contributed by atoms with Crippen molar-refractivity contribution >= 4 is 0 Å². The molecule has 0 aromatic heterocycles. The van der Waals surface area contributed by atoms with Gasteiger partial charge in [0.25, 0.3) is 0 Å². The SMILES string of the molecule is CCc1cc(-c2ccc(-c3ccc(CCC4CCC(C)CC4)cc3)cc2)c(CC)c(CC)c1OCC(CC)(CC)CC. The Morgan fingerprint density at radius 1 is 0.667 bits per heavy atom. The topological polar surface area (TPSA) is 9.23 Å². The lowest BCUT2D eigenvalue weighted by atomic mass is 9.80. The maximum absolute atomic E-state index is 6.76. The molecular weight excluding hydrogens is 508 g/mol. The Kier molecular flexibility index (Phi) is 11.8. The molecule has 0 bridgehead atoms. The minimum atomic E-state index is 0.267. The van der Waals surface area contributed by atoms with Crippen molar-refractivity contribution in [2.45, 2.75) is 126 Å². The first kappa shape index (κ1) is 32.4. The Labute approximate surface area is 258 Å². The van der Waals surface area contributed by atoms with E-state index in [9.17, 15) is 0 Å². The quantitative estimate of drug-likeness (QED) is 0.188. The first-order valence-corrected chi connectivity index (χ1v) is 17.4. The largest absolute Gasteiger partial charge is 0.492 e. The molecule has 0 saturated heterocycles. The van der Waals surface area contributed by atoms with Crippen molar-refractivity contribution in [1.29, 1.82) is 0 Å². The molecule has 1 aliphatic rings. The molecule has 0 atom stereocenters. The average Bonchev–Trinajstić information content (AvgIpc) is 3.05. The van der Waals surface area contributed by atoms with Crippen LogP contribution < -0.4 is 4.74 Å². The molecule has 0 spiro atoms. The predicted octanol–water partition coefficient (Wildman–Crippen LogP) is 12.1. The van der Waals surface area contributed by atoms with Crippen LogP contribution in [0.4, 0.5) is 0 Å². The molecule has 1 aliphatic carbocycles. The van der Waals surface area contributed by atoms with Crippen molar-refractivity contribution in [3.63, 3.8) is 0 Å². The Morgan fingerprint density at radius 3 is 1.74 bits per heavy atom. The van der Waals surface area contributed by atoms with Gasteiger partial charge in [-0.25, -0.2) is 0 Å². The lowest BCUT2D eigenvalue weighted by Gasteiger charge is -2.32. The Bertz CT molecular complexity index is 1230. The fraction of sp³-hybridized carbons (Fsp3) is 0.561. The van der Waals surface area contributed by atoms with Crippen molar-refractivity contribution in [2.24, 2.45) is 17.3 Å². The highest BCUT2D eigenvalue weighted by Crippen LogP contribution is 2.40. The van der Waals surface area contributed by atoms with Crippen molar-refractivity contribution in [2.75, 3.05) is 6.61 Å². The monoisotopic (exact) mass is 566 g/mol. The zero-order valence-corrected chi connectivity index (χ0v) is 28.0. The van der Waals surface area contributed by atoms with Gasteiger partial charge in [-0.05, 0) is 114 Å². The minimum Gasteiger partial charge on any atom is -0.492 e. The molecule has 3 aromatic carbocycles.